The summed E-state index contributed by atoms with van der Waals surface area (Å²) in [5.41, 5.74) is 4.83. The third-order valence-corrected chi connectivity index (χ3v) is 5.88. The zero-order valence-electron chi connectivity index (χ0n) is 16.7. The van der Waals surface area contributed by atoms with Crippen LogP contribution in [0.4, 0.5) is 0 Å². The van der Waals surface area contributed by atoms with Crippen LogP contribution < -0.4 is 21.7 Å². The van der Waals surface area contributed by atoms with Crippen molar-refractivity contribution in [2.24, 2.45) is 17.1 Å². The minimum absolute atomic E-state index is 0.0602. The molecule has 1 heterocycles. The summed E-state index contributed by atoms with van der Waals surface area (Å²) in [5.74, 6) is -4.19. The lowest BCUT2D eigenvalue weighted by molar-refractivity contribution is -0.140. The van der Waals surface area contributed by atoms with Crippen molar-refractivity contribution in [3.8, 4) is 0 Å². The van der Waals surface area contributed by atoms with Crippen LogP contribution in [0.1, 0.15) is 51.9 Å². The molecule has 6 N–H and O–H groups in total. The Hall–Kier alpha value is -2.49. The second kappa shape index (κ2) is 9.82. The number of rotatable bonds is 9. The zero-order valence-corrected chi connectivity index (χ0v) is 16.7. The average molecular weight is 410 g/mol. The first-order chi connectivity index (χ1) is 13.6. The van der Waals surface area contributed by atoms with E-state index in [0.29, 0.717) is 19.4 Å². The first-order valence-corrected chi connectivity index (χ1v) is 9.97. The highest BCUT2D eigenvalue weighted by Gasteiger charge is 2.39. The first kappa shape index (κ1) is 22.8. The minimum Gasteiger partial charge on any atom is -0.389 e. The maximum absolute atomic E-state index is 12.9. The number of hydrogen-bond acceptors (Lipinski definition) is 6. The number of ketones is 1. The molecule has 1 aliphatic heterocycles. The maximum Gasteiger partial charge on any atom is 0.309 e. The predicted octanol–water partition coefficient (Wildman–Crippen LogP) is -1.50. The van der Waals surface area contributed by atoms with E-state index in [1.165, 1.54) is 0 Å². The van der Waals surface area contributed by atoms with E-state index in [9.17, 15) is 29.1 Å². The number of piperidine rings is 1. The van der Waals surface area contributed by atoms with Gasteiger partial charge in [0.15, 0.2) is 5.78 Å². The van der Waals surface area contributed by atoms with Gasteiger partial charge in [-0.1, -0.05) is 13.3 Å². The molecule has 1 saturated heterocycles. The fraction of sp³-hybridized carbons (Fsp3) is 0.737. The number of nitrogens with one attached hydrogen (secondary N) is 3. The lowest BCUT2D eigenvalue weighted by atomic mass is 9.67. The summed E-state index contributed by atoms with van der Waals surface area (Å²) in [5, 5.41) is 16.9. The lowest BCUT2D eigenvalue weighted by Crippen LogP contribution is -2.56. The SMILES string of the molecule is CC1(C[C@H](NC(=O)C(N)=O)C(=O)N[C@@H](C[C@@H]2CCCNC2=O)C(=O)CO)CCC1. The van der Waals surface area contributed by atoms with Gasteiger partial charge in [0.1, 0.15) is 12.6 Å². The number of aliphatic hydroxyl groups excluding tert-OH is 1. The standard InChI is InChI=1S/C19H30N4O6/c1-19(5-3-6-19)9-13(23-18(29)15(20)26)17(28)22-12(14(25)10-24)8-11-4-2-7-21-16(11)27/h11-13,24H,2-10H2,1H3,(H2,20,26)(H,21,27)(H,22,28)(H,23,29)/t11-,12-,13-/m0/s1. The van der Waals surface area contributed by atoms with Crippen molar-refractivity contribution in [1.82, 2.24) is 16.0 Å². The number of carbonyl (C=O) groups is 5. The van der Waals surface area contributed by atoms with Gasteiger partial charge in [0.05, 0.1) is 6.04 Å². The Labute approximate surface area is 169 Å². The molecule has 0 radical (unpaired) electrons. The molecule has 10 heteroatoms. The third-order valence-electron chi connectivity index (χ3n) is 5.88. The molecule has 2 rings (SSSR count). The average Bonchev–Trinajstić information content (AvgIpc) is 2.66. The molecule has 0 aromatic rings. The fourth-order valence-electron chi connectivity index (χ4n) is 3.91. The molecular formula is C19H30N4O6. The third kappa shape index (κ3) is 6.25. The van der Waals surface area contributed by atoms with Crippen LogP contribution in [0.25, 0.3) is 0 Å². The summed E-state index contributed by atoms with van der Waals surface area (Å²) in [6, 6.07) is -2.11. The molecule has 2 fully saturated rings. The summed E-state index contributed by atoms with van der Waals surface area (Å²) >= 11 is 0. The first-order valence-electron chi connectivity index (χ1n) is 9.97. The van der Waals surface area contributed by atoms with Gasteiger partial charge in [0.25, 0.3) is 0 Å². The largest absolute Gasteiger partial charge is 0.389 e. The van der Waals surface area contributed by atoms with E-state index < -0.39 is 48.1 Å². The van der Waals surface area contributed by atoms with Crippen molar-refractivity contribution in [3.05, 3.63) is 0 Å². The summed E-state index contributed by atoms with van der Waals surface area (Å²) < 4.78 is 0. The fourth-order valence-corrected chi connectivity index (χ4v) is 3.91. The highest BCUT2D eigenvalue weighted by molar-refractivity contribution is 6.34. The van der Waals surface area contributed by atoms with E-state index in [4.69, 9.17) is 5.73 Å². The number of carbonyl (C=O) groups excluding carboxylic acids is 5. The van der Waals surface area contributed by atoms with E-state index >= 15 is 0 Å². The van der Waals surface area contributed by atoms with E-state index in [-0.39, 0.29) is 17.7 Å². The summed E-state index contributed by atoms with van der Waals surface area (Å²) in [4.78, 5) is 59.9. The Bertz CT molecular complexity index is 676. The molecule has 162 valence electrons. The molecule has 0 bridgehead atoms. The van der Waals surface area contributed by atoms with Crippen molar-refractivity contribution in [2.75, 3.05) is 13.2 Å². The smallest absolute Gasteiger partial charge is 0.309 e. The van der Waals surface area contributed by atoms with E-state index in [2.05, 4.69) is 16.0 Å². The van der Waals surface area contributed by atoms with Crippen LogP contribution in [0, 0.1) is 11.3 Å². The van der Waals surface area contributed by atoms with Crippen molar-refractivity contribution in [3.63, 3.8) is 0 Å². The van der Waals surface area contributed by atoms with Gasteiger partial charge in [0.2, 0.25) is 11.8 Å². The highest BCUT2D eigenvalue weighted by Crippen LogP contribution is 2.44. The quantitative estimate of drug-likeness (QED) is 0.290. The van der Waals surface area contributed by atoms with Crippen molar-refractivity contribution in [2.45, 2.75) is 64.0 Å². The highest BCUT2D eigenvalue weighted by atomic mass is 16.3. The van der Waals surface area contributed by atoms with Crippen LogP contribution in [-0.2, 0) is 24.0 Å². The van der Waals surface area contributed by atoms with Gasteiger partial charge in [0, 0.05) is 12.5 Å². The molecule has 10 nitrogen and oxygen atoms in total. The Balaban J connectivity index is 2.10. The van der Waals surface area contributed by atoms with Gasteiger partial charge in [-0.2, -0.15) is 0 Å². The van der Waals surface area contributed by atoms with E-state index in [1.54, 1.807) is 0 Å². The van der Waals surface area contributed by atoms with Crippen LogP contribution in [0.15, 0.2) is 0 Å². The molecule has 3 atom stereocenters. The van der Waals surface area contributed by atoms with Gasteiger partial charge in [-0.05, 0) is 43.9 Å². The number of primary amides is 1. The summed E-state index contributed by atoms with van der Waals surface area (Å²) in [6.45, 7) is 1.77. The van der Waals surface area contributed by atoms with Crippen LogP contribution >= 0.6 is 0 Å². The van der Waals surface area contributed by atoms with E-state index in [1.807, 2.05) is 6.92 Å². The second-order valence-corrected chi connectivity index (χ2v) is 8.31. The van der Waals surface area contributed by atoms with Crippen LogP contribution in [-0.4, -0.2) is 59.8 Å². The zero-order chi connectivity index (χ0) is 21.6. The van der Waals surface area contributed by atoms with Gasteiger partial charge in [-0.25, -0.2) is 0 Å². The molecular weight excluding hydrogens is 380 g/mol. The van der Waals surface area contributed by atoms with Crippen LogP contribution in [0.3, 0.4) is 0 Å². The van der Waals surface area contributed by atoms with Crippen LogP contribution in [0.2, 0.25) is 0 Å². The molecule has 29 heavy (non-hydrogen) atoms. The lowest BCUT2D eigenvalue weighted by Gasteiger charge is -2.40. The normalized spacial score (nSPS) is 22.4. The molecule has 1 aliphatic carbocycles. The number of Topliss-reactive ketones (excluding diaryl/α,β-unsaturated/α-hetero) is 1. The summed E-state index contributed by atoms with van der Waals surface area (Å²) in [6.07, 6.45) is 4.47. The second-order valence-electron chi connectivity index (χ2n) is 8.31. The number of hydrogen-bond donors (Lipinski definition) is 5. The molecule has 2 aliphatic rings. The van der Waals surface area contributed by atoms with Gasteiger partial charge >= 0.3 is 11.8 Å². The minimum atomic E-state index is -1.21. The number of nitrogens with two attached hydrogens (primary N) is 1. The topological polar surface area (TPSA) is 168 Å². The van der Waals surface area contributed by atoms with Crippen molar-refractivity contribution in [1.29, 1.82) is 0 Å². The summed E-state index contributed by atoms with van der Waals surface area (Å²) in [7, 11) is 0. The molecule has 0 aromatic heterocycles. The Morgan fingerprint density at radius 3 is 2.41 bits per heavy atom. The Morgan fingerprint density at radius 1 is 1.21 bits per heavy atom. The maximum atomic E-state index is 12.9. The van der Waals surface area contributed by atoms with E-state index in [0.717, 1.165) is 25.7 Å². The van der Waals surface area contributed by atoms with Gasteiger partial charge in [-0.3, -0.25) is 24.0 Å². The Kier molecular flexibility index (Phi) is 7.72. The van der Waals surface area contributed by atoms with Gasteiger partial charge in [-0.15, -0.1) is 0 Å². The predicted molar refractivity (Wildman–Crippen MR) is 102 cm³/mol. The number of aliphatic hydroxyl groups is 1. The van der Waals surface area contributed by atoms with Crippen molar-refractivity contribution >= 4 is 29.4 Å². The Morgan fingerprint density at radius 2 is 1.90 bits per heavy atom. The van der Waals surface area contributed by atoms with Gasteiger partial charge < -0.3 is 26.8 Å². The molecule has 0 aromatic carbocycles. The number of amides is 4. The molecule has 4 amide bonds. The monoisotopic (exact) mass is 410 g/mol. The van der Waals surface area contributed by atoms with Crippen molar-refractivity contribution < 1.29 is 29.1 Å². The molecule has 0 spiro atoms. The molecule has 0 unspecified atom stereocenters. The molecule has 1 saturated carbocycles. The van der Waals surface area contributed by atoms with Crippen LogP contribution in [0.5, 0.6) is 0 Å².